The van der Waals surface area contributed by atoms with Crippen molar-refractivity contribution < 1.29 is 0 Å². The quantitative estimate of drug-likeness (QED) is 0.547. The molecule has 1 heteroatoms. The highest BCUT2D eigenvalue weighted by molar-refractivity contribution is 5.91. The largest absolute Gasteiger partial charge is 0.358 e. The first-order valence-corrected chi connectivity index (χ1v) is 10.8. The molecule has 0 amide bonds. The number of nitrogens with one attached hydrogen (secondary N) is 1. The maximum atomic E-state index is 3.64. The third-order valence-electron chi connectivity index (χ3n) is 7.47. The number of H-pyrrole nitrogens is 1. The second-order valence-electron chi connectivity index (χ2n) is 11.0. The molecule has 0 bridgehead atoms. The second-order valence-corrected chi connectivity index (χ2v) is 11.0. The lowest BCUT2D eigenvalue weighted by molar-refractivity contribution is 0.270. The van der Waals surface area contributed by atoms with Crippen molar-refractivity contribution in [2.45, 2.75) is 66.2 Å². The van der Waals surface area contributed by atoms with Crippen LogP contribution in [0.15, 0.2) is 60.7 Å². The van der Waals surface area contributed by atoms with Crippen LogP contribution in [0.5, 0.6) is 0 Å². The zero-order valence-electron chi connectivity index (χ0n) is 19.3. The average molecular weight is 386 g/mol. The number of aromatic nitrogens is 1. The van der Waals surface area contributed by atoms with Crippen LogP contribution in [-0.4, -0.2) is 4.98 Å². The van der Waals surface area contributed by atoms with Crippen molar-refractivity contribution in [2.24, 2.45) is 10.8 Å². The Labute approximate surface area is 176 Å². The van der Waals surface area contributed by atoms with E-state index >= 15 is 0 Å². The van der Waals surface area contributed by atoms with E-state index in [9.17, 15) is 0 Å². The van der Waals surface area contributed by atoms with Crippen LogP contribution in [0.25, 0.3) is 10.9 Å². The normalized spacial score (nSPS) is 19.7. The fourth-order valence-corrected chi connectivity index (χ4v) is 5.42. The molecule has 4 rings (SSSR count). The molecule has 1 aromatic heterocycles. The van der Waals surface area contributed by atoms with Crippen LogP contribution in [0.1, 0.15) is 63.9 Å². The number of hydrogen-bond donors (Lipinski definition) is 1. The van der Waals surface area contributed by atoms with Crippen molar-refractivity contribution >= 4 is 10.9 Å². The van der Waals surface area contributed by atoms with E-state index < -0.39 is 0 Å². The molecule has 0 unspecified atom stereocenters. The monoisotopic (exact) mass is 385 g/mol. The highest BCUT2D eigenvalue weighted by atomic mass is 14.7. The Bertz CT molecular complexity index is 1060. The minimum Gasteiger partial charge on any atom is -0.358 e. The van der Waals surface area contributed by atoms with Gasteiger partial charge in [0.2, 0.25) is 0 Å². The van der Waals surface area contributed by atoms with Gasteiger partial charge in [-0.15, -0.1) is 0 Å². The number of aromatic amines is 1. The fraction of sp³-hybridized carbons (Fsp3) is 0.429. The summed E-state index contributed by atoms with van der Waals surface area (Å²) in [4.78, 5) is 3.64. The molecule has 1 aromatic carbocycles. The van der Waals surface area contributed by atoms with Gasteiger partial charge in [0.25, 0.3) is 0 Å². The van der Waals surface area contributed by atoms with Gasteiger partial charge in [0.1, 0.15) is 0 Å². The van der Waals surface area contributed by atoms with Crippen molar-refractivity contribution in [3.05, 3.63) is 83.1 Å². The molecule has 0 spiro atoms. The molecular formula is C28H35N. The summed E-state index contributed by atoms with van der Waals surface area (Å²) in [5.41, 5.74) is 6.58. The maximum absolute atomic E-state index is 3.64. The van der Waals surface area contributed by atoms with Gasteiger partial charge in [0.05, 0.1) is 0 Å². The summed E-state index contributed by atoms with van der Waals surface area (Å²) in [6, 6.07) is 4.67. The van der Waals surface area contributed by atoms with Gasteiger partial charge in [-0.3, -0.25) is 0 Å². The van der Waals surface area contributed by atoms with Gasteiger partial charge in [0.15, 0.2) is 0 Å². The predicted molar refractivity (Wildman–Crippen MR) is 127 cm³/mol. The molecule has 29 heavy (non-hydrogen) atoms. The van der Waals surface area contributed by atoms with Gasteiger partial charge in [0, 0.05) is 27.4 Å². The molecule has 2 aliphatic carbocycles. The average Bonchev–Trinajstić information content (AvgIpc) is 3.34. The summed E-state index contributed by atoms with van der Waals surface area (Å²) in [7, 11) is 0. The van der Waals surface area contributed by atoms with Crippen LogP contribution in [0.2, 0.25) is 0 Å². The van der Waals surface area contributed by atoms with Crippen LogP contribution >= 0.6 is 0 Å². The number of allylic oxidation sites excluding steroid dienone is 8. The first-order valence-electron chi connectivity index (χ1n) is 10.8. The minimum absolute atomic E-state index is 0.0439. The van der Waals surface area contributed by atoms with Crippen molar-refractivity contribution in [3.8, 4) is 0 Å². The van der Waals surface area contributed by atoms with E-state index in [4.69, 9.17) is 0 Å². The Morgan fingerprint density at radius 3 is 1.66 bits per heavy atom. The summed E-state index contributed by atoms with van der Waals surface area (Å²) >= 11 is 0. The van der Waals surface area contributed by atoms with Gasteiger partial charge >= 0.3 is 0 Å². The first-order chi connectivity index (χ1) is 13.4. The molecule has 0 radical (unpaired) electrons. The smallest absolute Gasteiger partial charge is 0.0462 e. The third kappa shape index (κ3) is 2.59. The van der Waals surface area contributed by atoms with E-state index in [0.29, 0.717) is 0 Å². The van der Waals surface area contributed by atoms with E-state index in [1.165, 1.54) is 33.3 Å². The lowest BCUT2D eigenvalue weighted by Gasteiger charge is -2.47. The topological polar surface area (TPSA) is 15.8 Å². The molecule has 0 aliphatic heterocycles. The summed E-state index contributed by atoms with van der Waals surface area (Å²) in [6.07, 6.45) is 18.6. The van der Waals surface area contributed by atoms with E-state index in [0.717, 1.165) is 0 Å². The first kappa shape index (κ1) is 20.0. The standard InChI is InChI=1S/C28H35N/c1-19-20(2)29-22-14-13-21(27(25(3,4)5)15-9-10-16-27)24(23(19)22)28(26(6,7)8)17-11-12-18-28/h9-18,29H,1-8H3. The predicted octanol–water partition coefficient (Wildman–Crippen LogP) is 7.60. The van der Waals surface area contributed by atoms with Crippen molar-refractivity contribution in [3.63, 3.8) is 0 Å². The zero-order chi connectivity index (χ0) is 21.2. The van der Waals surface area contributed by atoms with Crippen LogP contribution in [0.3, 0.4) is 0 Å². The molecule has 2 aliphatic rings. The molecular weight excluding hydrogens is 350 g/mol. The summed E-state index contributed by atoms with van der Waals surface area (Å²) in [5.74, 6) is 0. The second kappa shape index (κ2) is 6.11. The zero-order valence-corrected chi connectivity index (χ0v) is 19.3. The van der Waals surface area contributed by atoms with Crippen molar-refractivity contribution in [2.75, 3.05) is 0 Å². The molecule has 1 N–H and O–H groups in total. The van der Waals surface area contributed by atoms with Gasteiger partial charge in [-0.05, 0) is 47.4 Å². The van der Waals surface area contributed by atoms with Crippen LogP contribution < -0.4 is 0 Å². The molecule has 0 fully saturated rings. The fourth-order valence-electron chi connectivity index (χ4n) is 5.42. The van der Waals surface area contributed by atoms with Crippen LogP contribution in [0.4, 0.5) is 0 Å². The maximum Gasteiger partial charge on any atom is 0.0462 e. The summed E-state index contributed by atoms with van der Waals surface area (Å²) in [5, 5.41) is 1.39. The molecule has 1 heterocycles. The molecule has 2 aromatic rings. The van der Waals surface area contributed by atoms with Crippen LogP contribution in [-0.2, 0) is 10.8 Å². The number of fused-ring (bicyclic) bond motifs is 1. The Hall–Kier alpha value is -2.28. The summed E-state index contributed by atoms with van der Waals surface area (Å²) in [6.45, 7) is 18.7. The number of aryl methyl sites for hydroxylation is 2. The van der Waals surface area contributed by atoms with Gasteiger partial charge in [-0.25, -0.2) is 0 Å². The van der Waals surface area contributed by atoms with Crippen LogP contribution in [0, 0.1) is 24.7 Å². The lowest BCUT2D eigenvalue weighted by atomic mass is 9.56. The number of hydrogen-bond acceptors (Lipinski definition) is 0. The van der Waals surface area contributed by atoms with Gasteiger partial charge in [-0.2, -0.15) is 0 Å². The SMILES string of the molecule is Cc1[nH]c2ccc(C3(C(C)(C)C)C=CC=C3)c(C3(C(C)(C)C)C=CC=C3)c2c1C. The Kier molecular flexibility index (Phi) is 4.22. The molecule has 152 valence electrons. The Balaban J connectivity index is 2.22. The molecule has 0 atom stereocenters. The third-order valence-corrected chi connectivity index (χ3v) is 7.47. The van der Waals surface area contributed by atoms with E-state index in [2.05, 4.69) is 121 Å². The van der Waals surface area contributed by atoms with Crippen molar-refractivity contribution in [1.82, 2.24) is 4.98 Å². The molecule has 1 nitrogen and oxygen atoms in total. The molecule has 0 saturated carbocycles. The Morgan fingerprint density at radius 1 is 0.690 bits per heavy atom. The van der Waals surface area contributed by atoms with Crippen molar-refractivity contribution in [1.29, 1.82) is 0 Å². The Morgan fingerprint density at radius 2 is 1.17 bits per heavy atom. The van der Waals surface area contributed by atoms with E-state index in [1.54, 1.807) is 0 Å². The van der Waals surface area contributed by atoms with Gasteiger partial charge < -0.3 is 4.98 Å². The number of benzene rings is 1. The summed E-state index contributed by atoms with van der Waals surface area (Å²) < 4.78 is 0. The van der Waals surface area contributed by atoms with Gasteiger partial charge in [-0.1, -0.05) is 96.2 Å². The molecule has 0 saturated heterocycles. The number of rotatable bonds is 2. The lowest BCUT2D eigenvalue weighted by Crippen LogP contribution is -2.42. The minimum atomic E-state index is -0.149. The van der Waals surface area contributed by atoms with E-state index in [-0.39, 0.29) is 21.7 Å². The highest BCUT2D eigenvalue weighted by Gasteiger charge is 2.49. The highest BCUT2D eigenvalue weighted by Crippen LogP contribution is 2.56. The van der Waals surface area contributed by atoms with E-state index in [1.807, 2.05) is 0 Å².